The maximum atomic E-state index is 13.3. The number of benzene rings is 3. The Morgan fingerprint density at radius 2 is 1.42 bits per heavy atom. The first-order valence-corrected chi connectivity index (χ1v) is 9.62. The van der Waals surface area contributed by atoms with Crippen molar-refractivity contribution in [2.24, 2.45) is 0 Å². The van der Waals surface area contributed by atoms with E-state index in [1.165, 1.54) is 37.9 Å². The average Bonchev–Trinajstić information content (AvgIpc) is 2.99. The molecule has 3 aromatic carbocycles. The molecule has 0 spiro atoms. The molecule has 0 amide bonds. The lowest BCUT2D eigenvalue weighted by molar-refractivity contribution is 0.597. The summed E-state index contributed by atoms with van der Waals surface area (Å²) < 4.78 is 15.9. The third-order valence-electron chi connectivity index (χ3n) is 4.89. The van der Waals surface area contributed by atoms with Gasteiger partial charge in [-0.2, -0.15) is 0 Å². The number of halogens is 1. The van der Waals surface area contributed by atoms with Crippen LogP contribution in [0, 0.1) is 5.82 Å². The highest BCUT2D eigenvalue weighted by Gasteiger charge is 2.20. The smallest absolute Gasteiger partial charge is 0.123 e. The normalized spacial score (nSPS) is 12.0. The van der Waals surface area contributed by atoms with Gasteiger partial charge in [-0.15, -0.1) is 11.3 Å². The summed E-state index contributed by atoms with van der Waals surface area (Å²) in [7, 11) is 2.04. The van der Waals surface area contributed by atoms with E-state index in [1.807, 2.05) is 30.5 Å². The van der Waals surface area contributed by atoms with Gasteiger partial charge in [0.15, 0.2) is 0 Å². The van der Waals surface area contributed by atoms with Crippen LogP contribution in [0.2, 0.25) is 0 Å². The van der Waals surface area contributed by atoms with E-state index in [4.69, 9.17) is 0 Å². The van der Waals surface area contributed by atoms with Crippen LogP contribution in [-0.2, 0) is 5.41 Å². The fraction of sp³-hybridized carbons (Fsp3) is 0.217. The van der Waals surface area contributed by atoms with Crippen molar-refractivity contribution in [2.45, 2.75) is 26.2 Å². The molecular formula is C23H22FNS. The molecule has 0 aliphatic rings. The molecule has 26 heavy (non-hydrogen) atoms. The largest absolute Gasteiger partial charge is 0.343 e. The number of anilines is 2. The van der Waals surface area contributed by atoms with Gasteiger partial charge < -0.3 is 4.90 Å². The maximum Gasteiger partial charge on any atom is 0.123 e. The first-order valence-electron chi connectivity index (χ1n) is 8.80. The van der Waals surface area contributed by atoms with Gasteiger partial charge in [0.05, 0.1) is 10.4 Å². The van der Waals surface area contributed by atoms with E-state index in [2.05, 4.69) is 62.1 Å². The van der Waals surface area contributed by atoms with Crippen LogP contribution in [0.25, 0.3) is 20.2 Å². The molecule has 0 bridgehead atoms. The topological polar surface area (TPSA) is 3.24 Å². The molecule has 1 heterocycles. The zero-order chi connectivity index (χ0) is 18.5. The predicted octanol–water partition coefficient (Wildman–Crippen LogP) is 7.26. The van der Waals surface area contributed by atoms with Crippen LogP contribution in [0.3, 0.4) is 0 Å². The van der Waals surface area contributed by atoms with Crippen LogP contribution >= 0.6 is 11.3 Å². The Balaban J connectivity index is 1.96. The standard InChI is InChI=1S/C23H22FNS/c1-23(2,3)19-9-5-7-17-18-8-6-10-20(22(18)26-21(17)19)25(4)16-13-11-15(24)12-14-16/h5-14H,1-4H3. The molecule has 0 fully saturated rings. The molecule has 4 aromatic rings. The minimum atomic E-state index is -0.211. The molecule has 1 aromatic heterocycles. The molecule has 0 saturated carbocycles. The Morgan fingerprint density at radius 1 is 0.808 bits per heavy atom. The summed E-state index contributed by atoms with van der Waals surface area (Å²) in [4.78, 5) is 2.13. The third kappa shape index (κ3) is 2.77. The van der Waals surface area contributed by atoms with Gasteiger partial charge in [0.1, 0.15) is 5.82 Å². The van der Waals surface area contributed by atoms with Crippen molar-refractivity contribution in [3.63, 3.8) is 0 Å². The van der Waals surface area contributed by atoms with Crippen LogP contribution in [0.1, 0.15) is 26.3 Å². The fourth-order valence-corrected chi connectivity index (χ4v) is 5.04. The van der Waals surface area contributed by atoms with Gasteiger partial charge in [-0.25, -0.2) is 4.39 Å². The number of rotatable bonds is 2. The summed E-state index contributed by atoms with van der Waals surface area (Å²) in [6.07, 6.45) is 0. The number of nitrogens with zero attached hydrogens (tertiary/aromatic N) is 1. The molecule has 4 rings (SSSR count). The lowest BCUT2D eigenvalue weighted by atomic mass is 9.86. The monoisotopic (exact) mass is 363 g/mol. The van der Waals surface area contributed by atoms with Crippen LogP contribution in [0.4, 0.5) is 15.8 Å². The minimum Gasteiger partial charge on any atom is -0.343 e. The van der Waals surface area contributed by atoms with Gasteiger partial charge in [0.2, 0.25) is 0 Å². The second-order valence-electron chi connectivity index (χ2n) is 7.72. The van der Waals surface area contributed by atoms with Gasteiger partial charge >= 0.3 is 0 Å². The Kier molecular flexibility index (Phi) is 4.00. The lowest BCUT2D eigenvalue weighted by Gasteiger charge is -2.20. The number of hydrogen-bond donors (Lipinski definition) is 0. The van der Waals surface area contributed by atoms with E-state index in [-0.39, 0.29) is 11.2 Å². The summed E-state index contributed by atoms with van der Waals surface area (Å²) in [5.41, 5.74) is 3.61. The number of hydrogen-bond acceptors (Lipinski definition) is 2. The van der Waals surface area contributed by atoms with Crippen molar-refractivity contribution >= 4 is 42.9 Å². The quantitative estimate of drug-likeness (QED) is 0.362. The van der Waals surface area contributed by atoms with Crippen molar-refractivity contribution in [1.82, 2.24) is 0 Å². The SMILES string of the molecule is CN(c1ccc(F)cc1)c1cccc2c1sc1c(C(C)(C)C)cccc12. The minimum absolute atomic E-state index is 0.101. The summed E-state index contributed by atoms with van der Waals surface area (Å²) in [6.45, 7) is 6.78. The maximum absolute atomic E-state index is 13.3. The van der Waals surface area contributed by atoms with Crippen LogP contribution in [0.5, 0.6) is 0 Å². The lowest BCUT2D eigenvalue weighted by Crippen LogP contribution is -2.10. The Bertz CT molecular complexity index is 1090. The molecule has 0 aliphatic carbocycles. The highest BCUT2D eigenvalue weighted by Crippen LogP contribution is 2.44. The second-order valence-corrected chi connectivity index (χ2v) is 8.74. The summed E-state index contributed by atoms with van der Waals surface area (Å²) >= 11 is 1.85. The van der Waals surface area contributed by atoms with E-state index in [0.717, 1.165) is 11.4 Å². The fourth-order valence-electron chi connectivity index (χ4n) is 3.46. The van der Waals surface area contributed by atoms with Crippen LogP contribution in [-0.4, -0.2) is 7.05 Å². The summed E-state index contributed by atoms with van der Waals surface area (Å²) in [5, 5.41) is 2.59. The molecule has 0 aliphatic heterocycles. The van der Waals surface area contributed by atoms with Gasteiger partial charge in [0, 0.05) is 28.2 Å². The zero-order valence-corrected chi connectivity index (χ0v) is 16.3. The zero-order valence-electron chi connectivity index (χ0n) is 15.5. The highest BCUT2D eigenvalue weighted by atomic mass is 32.1. The van der Waals surface area contributed by atoms with E-state index >= 15 is 0 Å². The first kappa shape index (κ1) is 17.0. The molecule has 0 N–H and O–H groups in total. The average molecular weight is 364 g/mol. The predicted molar refractivity (Wildman–Crippen MR) is 112 cm³/mol. The Hall–Kier alpha value is -2.39. The van der Waals surface area contributed by atoms with Crippen LogP contribution in [0.15, 0.2) is 60.7 Å². The second kappa shape index (κ2) is 6.10. The molecule has 0 radical (unpaired) electrons. The molecule has 132 valence electrons. The van der Waals surface area contributed by atoms with Gasteiger partial charge in [-0.1, -0.05) is 51.1 Å². The van der Waals surface area contributed by atoms with E-state index in [9.17, 15) is 4.39 Å². The van der Waals surface area contributed by atoms with Gasteiger partial charge in [-0.3, -0.25) is 0 Å². The Labute approximate surface area is 157 Å². The number of fused-ring (bicyclic) bond motifs is 3. The molecule has 0 atom stereocenters. The van der Waals surface area contributed by atoms with Gasteiger partial charge in [0.25, 0.3) is 0 Å². The van der Waals surface area contributed by atoms with Gasteiger partial charge in [-0.05, 0) is 41.3 Å². The first-order chi connectivity index (χ1) is 12.4. The van der Waals surface area contributed by atoms with Crippen molar-refractivity contribution in [3.05, 3.63) is 72.0 Å². The number of thiophene rings is 1. The highest BCUT2D eigenvalue weighted by molar-refractivity contribution is 7.26. The molecule has 3 heteroatoms. The van der Waals surface area contributed by atoms with E-state index in [0.29, 0.717) is 0 Å². The summed E-state index contributed by atoms with van der Waals surface area (Å²) in [6, 6.07) is 19.7. The Morgan fingerprint density at radius 3 is 2.08 bits per heavy atom. The van der Waals surface area contributed by atoms with Crippen molar-refractivity contribution in [1.29, 1.82) is 0 Å². The summed E-state index contributed by atoms with van der Waals surface area (Å²) in [5.74, 6) is -0.211. The van der Waals surface area contributed by atoms with Crippen LogP contribution < -0.4 is 4.90 Å². The van der Waals surface area contributed by atoms with E-state index in [1.54, 1.807) is 0 Å². The van der Waals surface area contributed by atoms with E-state index < -0.39 is 0 Å². The molecular weight excluding hydrogens is 341 g/mol. The third-order valence-corrected chi connectivity index (χ3v) is 6.16. The van der Waals surface area contributed by atoms with Crippen molar-refractivity contribution in [2.75, 3.05) is 11.9 Å². The molecule has 1 nitrogen and oxygen atoms in total. The molecule has 0 unspecified atom stereocenters. The van der Waals surface area contributed by atoms with Crippen molar-refractivity contribution in [3.8, 4) is 0 Å². The van der Waals surface area contributed by atoms with Crippen molar-refractivity contribution < 1.29 is 4.39 Å². The molecule has 0 saturated heterocycles.